The number of halogens is 3. The monoisotopic (exact) mass is 366 g/mol. The molecular weight excluding hydrogens is 349 g/mol. The number of carbonyl (C=O) groups is 2. The summed E-state index contributed by atoms with van der Waals surface area (Å²) in [7, 11) is 1.54. The van der Waals surface area contributed by atoms with Crippen LogP contribution in [0.5, 0.6) is 0 Å². The first-order valence-electron chi connectivity index (χ1n) is 7.17. The Morgan fingerprint density at radius 3 is 2.88 bits per heavy atom. The van der Waals surface area contributed by atoms with Crippen molar-refractivity contribution in [1.82, 2.24) is 15.2 Å². The van der Waals surface area contributed by atoms with Crippen LogP contribution in [-0.4, -0.2) is 67.9 Å². The summed E-state index contributed by atoms with van der Waals surface area (Å²) in [5.74, 6) is -0.690. The Bertz CT molecular complexity index is 593. The van der Waals surface area contributed by atoms with Gasteiger partial charge in [-0.25, -0.2) is 9.78 Å². The molecule has 1 aliphatic rings. The maximum absolute atomic E-state index is 12.2. The number of urea groups is 1. The number of nitrogens with zero attached hydrogens (tertiary/aromatic N) is 3. The van der Waals surface area contributed by atoms with Gasteiger partial charge in [0, 0.05) is 38.7 Å². The molecule has 1 saturated heterocycles. The van der Waals surface area contributed by atoms with Crippen molar-refractivity contribution in [3.05, 3.63) is 11.1 Å². The van der Waals surface area contributed by atoms with Crippen LogP contribution in [0.3, 0.4) is 0 Å². The van der Waals surface area contributed by atoms with Gasteiger partial charge in [-0.15, -0.1) is 11.3 Å². The lowest BCUT2D eigenvalue weighted by molar-refractivity contribution is -0.133. The Labute approximate surface area is 140 Å². The van der Waals surface area contributed by atoms with Gasteiger partial charge in [-0.05, 0) is 0 Å². The molecule has 0 atom stereocenters. The summed E-state index contributed by atoms with van der Waals surface area (Å²) in [6.07, 6.45) is -5.43. The summed E-state index contributed by atoms with van der Waals surface area (Å²) < 4.78 is 41.1. The predicted octanol–water partition coefficient (Wildman–Crippen LogP) is 1.71. The maximum atomic E-state index is 12.2. The molecule has 0 saturated carbocycles. The topological polar surface area (TPSA) is 74.8 Å². The van der Waals surface area contributed by atoms with Gasteiger partial charge in [-0.3, -0.25) is 9.69 Å². The molecule has 1 fully saturated rings. The summed E-state index contributed by atoms with van der Waals surface area (Å²) in [6, 6.07) is -0.231. The van der Waals surface area contributed by atoms with Gasteiger partial charge in [0.15, 0.2) is 5.13 Å². The Hall–Kier alpha value is -1.88. The summed E-state index contributed by atoms with van der Waals surface area (Å²) in [6.45, 7) is 1.33. The van der Waals surface area contributed by atoms with Crippen LogP contribution in [0, 0.1) is 0 Å². The van der Waals surface area contributed by atoms with Crippen LogP contribution < -0.4 is 10.2 Å². The number of nitrogens with one attached hydrogen (secondary N) is 1. The predicted molar refractivity (Wildman–Crippen MR) is 81.3 cm³/mol. The fourth-order valence-electron chi connectivity index (χ4n) is 2.07. The van der Waals surface area contributed by atoms with E-state index in [-0.39, 0.29) is 11.7 Å². The molecular formula is C13H17F3N4O3S. The third kappa shape index (κ3) is 4.81. The molecule has 2 heterocycles. The number of aromatic nitrogens is 1. The summed E-state index contributed by atoms with van der Waals surface area (Å²) in [5.41, 5.74) is 0.000293. The molecule has 11 heteroatoms. The van der Waals surface area contributed by atoms with Crippen molar-refractivity contribution in [2.75, 3.05) is 44.8 Å². The lowest BCUT2D eigenvalue weighted by atomic mass is 10.4. The first kappa shape index (κ1) is 18.5. The zero-order valence-electron chi connectivity index (χ0n) is 12.9. The lowest BCUT2D eigenvalue weighted by Crippen LogP contribution is -2.34. The Morgan fingerprint density at radius 1 is 1.46 bits per heavy atom. The molecule has 134 valence electrons. The van der Waals surface area contributed by atoms with Crippen LogP contribution >= 0.6 is 11.3 Å². The number of rotatable bonds is 7. The SMILES string of the molecule is COCCN1CCN(c2nc(C(=O)NCCC(F)(F)F)cs2)C1=O. The second-order valence-corrected chi connectivity index (χ2v) is 5.89. The molecule has 0 radical (unpaired) electrons. The number of anilines is 1. The van der Waals surface area contributed by atoms with Gasteiger partial charge >= 0.3 is 12.2 Å². The molecule has 3 amide bonds. The van der Waals surface area contributed by atoms with Gasteiger partial charge in [0.1, 0.15) is 5.69 Å². The number of hydrogen-bond acceptors (Lipinski definition) is 5. The van der Waals surface area contributed by atoms with Crippen molar-refractivity contribution >= 4 is 28.4 Å². The lowest BCUT2D eigenvalue weighted by Gasteiger charge is -2.16. The summed E-state index contributed by atoms with van der Waals surface area (Å²) in [4.78, 5) is 31.1. The third-order valence-corrected chi connectivity index (χ3v) is 4.17. The molecule has 24 heavy (non-hydrogen) atoms. The molecule has 1 aromatic rings. The third-order valence-electron chi connectivity index (χ3n) is 3.31. The minimum absolute atomic E-state index is 0.000293. The van der Waals surface area contributed by atoms with Crippen molar-refractivity contribution in [1.29, 1.82) is 0 Å². The molecule has 0 aromatic carbocycles. The van der Waals surface area contributed by atoms with E-state index < -0.39 is 25.0 Å². The van der Waals surface area contributed by atoms with Gasteiger partial charge in [-0.1, -0.05) is 0 Å². The molecule has 0 spiro atoms. The average molecular weight is 366 g/mol. The Morgan fingerprint density at radius 2 is 2.21 bits per heavy atom. The standard InChI is InChI=1S/C13H17F3N4O3S/c1-23-7-6-19-4-5-20(12(19)22)11-18-9(8-24-11)10(21)17-3-2-13(14,15)16/h8H,2-7H2,1H3,(H,17,21). The smallest absolute Gasteiger partial charge is 0.383 e. The quantitative estimate of drug-likeness (QED) is 0.797. The average Bonchev–Trinajstić information content (AvgIpc) is 3.10. The van der Waals surface area contributed by atoms with E-state index in [2.05, 4.69) is 10.3 Å². The van der Waals surface area contributed by atoms with E-state index in [4.69, 9.17) is 4.74 Å². The second kappa shape index (κ2) is 7.79. The largest absolute Gasteiger partial charge is 0.390 e. The fraction of sp³-hybridized carbons (Fsp3) is 0.615. The number of ether oxygens (including phenoxy) is 1. The van der Waals surface area contributed by atoms with E-state index in [0.29, 0.717) is 31.4 Å². The van der Waals surface area contributed by atoms with Gasteiger partial charge in [-0.2, -0.15) is 13.2 Å². The number of amides is 3. The van der Waals surface area contributed by atoms with E-state index >= 15 is 0 Å². The number of thiazole rings is 1. The highest BCUT2D eigenvalue weighted by molar-refractivity contribution is 7.14. The number of hydrogen-bond donors (Lipinski definition) is 1. The highest BCUT2D eigenvalue weighted by Gasteiger charge is 2.31. The summed E-state index contributed by atoms with van der Waals surface area (Å²) in [5, 5.41) is 3.93. The molecule has 1 aromatic heterocycles. The maximum Gasteiger partial charge on any atom is 0.390 e. The number of carbonyl (C=O) groups excluding carboxylic acids is 2. The van der Waals surface area contributed by atoms with E-state index in [1.807, 2.05) is 0 Å². The minimum Gasteiger partial charge on any atom is -0.383 e. The molecule has 0 unspecified atom stereocenters. The van der Waals surface area contributed by atoms with Crippen LogP contribution in [0.2, 0.25) is 0 Å². The van der Waals surface area contributed by atoms with Crippen molar-refractivity contribution in [3.8, 4) is 0 Å². The van der Waals surface area contributed by atoms with Gasteiger partial charge < -0.3 is 15.0 Å². The zero-order valence-corrected chi connectivity index (χ0v) is 13.7. The van der Waals surface area contributed by atoms with E-state index in [9.17, 15) is 22.8 Å². The van der Waals surface area contributed by atoms with E-state index in [1.54, 1.807) is 12.0 Å². The highest BCUT2D eigenvalue weighted by atomic mass is 32.1. The first-order chi connectivity index (χ1) is 11.3. The molecule has 0 bridgehead atoms. The van der Waals surface area contributed by atoms with Crippen LogP contribution in [0.25, 0.3) is 0 Å². The van der Waals surface area contributed by atoms with Crippen LogP contribution in [0.1, 0.15) is 16.9 Å². The molecule has 0 aliphatic carbocycles. The molecule has 1 aliphatic heterocycles. The number of methoxy groups -OCH3 is 1. The van der Waals surface area contributed by atoms with Gasteiger partial charge in [0.25, 0.3) is 5.91 Å². The Kier molecular flexibility index (Phi) is 5.99. The minimum atomic E-state index is -4.33. The normalized spacial score (nSPS) is 15.2. The van der Waals surface area contributed by atoms with E-state index in [1.165, 1.54) is 10.3 Å². The fourth-order valence-corrected chi connectivity index (χ4v) is 2.89. The van der Waals surface area contributed by atoms with Crippen molar-refractivity contribution < 1.29 is 27.5 Å². The molecule has 7 nitrogen and oxygen atoms in total. The first-order valence-corrected chi connectivity index (χ1v) is 8.05. The highest BCUT2D eigenvalue weighted by Crippen LogP contribution is 2.24. The van der Waals surface area contributed by atoms with E-state index in [0.717, 1.165) is 11.3 Å². The summed E-state index contributed by atoms with van der Waals surface area (Å²) >= 11 is 1.10. The number of alkyl halides is 3. The van der Waals surface area contributed by atoms with Crippen molar-refractivity contribution in [2.24, 2.45) is 0 Å². The van der Waals surface area contributed by atoms with Crippen molar-refractivity contribution in [2.45, 2.75) is 12.6 Å². The molecule has 2 rings (SSSR count). The van der Waals surface area contributed by atoms with Crippen molar-refractivity contribution in [3.63, 3.8) is 0 Å². The second-order valence-electron chi connectivity index (χ2n) is 5.05. The van der Waals surface area contributed by atoms with Crippen LogP contribution in [-0.2, 0) is 4.74 Å². The van der Waals surface area contributed by atoms with Gasteiger partial charge in [0.2, 0.25) is 0 Å². The molecule has 1 N–H and O–H groups in total. The Balaban J connectivity index is 1.91. The zero-order chi connectivity index (χ0) is 17.7. The van der Waals surface area contributed by atoms with Gasteiger partial charge in [0.05, 0.1) is 13.0 Å². The van der Waals surface area contributed by atoms with Crippen LogP contribution in [0.15, 0.2) is 5.38 Å². The van der Waals surface area contributed by atoms with Crippen LogP contribution in [0.4, 0.5) is 23.1 Å².